The maximum atomic E-state index is 6.19. The van der Waals surface area contributed by atoms with Gasteiger partial charge < -0.3 is 5.73 Å². The van der Waals surface area contributed by atoms with Gasteiger partial charge in [-0.15, -0.1) is 0 Å². The molecule has 2 N–H and O–H groups in total. The number of halogens is 1. The first-order valence-corrected chi connectivity index (χ1v) is 7.43. The Morgan fingerprint density at radius 2 is 2.18 bits per heavy atom. The monoisotopic (exact) mass is 275 g/mol. The summed E-state index contributed by atoms with van der Waals surface area (Å²) in [7, 11) is 1.86. The van der Waals surface area contributed by atoms with Gasteiger partial charge in [0.15, 0.2) is 0 Å². The Balaban J connectivity index is 2.53. The molecule has 0 spiro atoms. The minimum atomic E-state index is 0.148. The van der Waals surface area contributed by atoms with Crippen LogP contribution in [-0.4, -0.2) is 26.8 Å². The van der Waals surface area contributed by atoms with Crippen molar-refractivity contribution in [2.24, 2.45) is 12.8 Å². The van der Waals surface area contributed by atoms with Crippen LogP contribution in [0.15, 0.2) is 0 Å². The van der Waals surface area contributed by atoms with Gasteiger partial charge in [-0.25, -0.2) is 0 Å². The van der Waals surface area contributed by atoms with Crippen molar-refractivity contribution in [2.75, 3.05) is 5.75 Å². The molecule has 1 heterocycles. The average molecular weight is 276 g/mol. The fourth-order valence-electron chi connectivity index (χ4n) is 1.63. The number of thioether (sulfide) groups is 1. The van der Waals surface area contributed by atoms with Crippen LogP contribution in [0.2, 0.25) is 5.15 Å². The topological polar surface area (TPSA) is 43.8 Å². The first kappa shape index (κ1) is 14.9. The van der Waals surface area contributed by atoms with Crippen molar-refractivity contribution in [3.63, 3.8) is 0 Å². The van der Waals surface area contributed by atoms with Crippen molar-refractivity contribution < 1.29 is 0 Å². The van der Waals surface area contributed by atoms with Gasteiger partial charge in [-0.2, -0.15) is 16.9 Å². The van der Waals surface area contributed by atoms with Crippen LogP contribution in [0.4, 0.5) is 0 Å². The molecular formula is C12H22ClN3S. The Kier molecular flexibility index (Phi) is 5.83. The smallest absolute Gasteiger partial charge is 0.130 e. The van der Waals surface area contributed by atoms with Crippen molar-refractivity contribution in [1.29, 1.82) is 0 Å². The van der Waals surface area contributed by atoms with Crippen LogP contribution >= 0.6 is 23.4 Å². The summed E-state index contributed by atoms with van der Waals surface area (Å²) < 4.78 is 1.71. The SMILES string of the molecule is CCC(C)SCC(N)Cc1c(C)nn(C)c1Cl. The molecule has 5 heteroatoms. The molecule has 98 valence electrons. The molecule has 1 aromatic heterocycles. The van der Waals surface area contributed by atoms with E-state index in [2.05, 4.69) is 18.9 Å². The molecule has 0 aliphatic heterocycles. The van der Waals surface area contributed by atoms with E-state index in [9.17, 15) is 0 Å². The first-order valence-electron chi connectivity index (χ1n) is 6.00. The summed E-state index contributed by atoms with van der Waals surface area (Å²) >= 11 is 8.11. The lowest BCUT2D eigenvalue weighted by Crippen LogP contribution is -2.26. The molecule has 0 aliphatic carbocycles. The van der Waals surface area contributed by atoms with Crippen molar-refractivity contribution >= 4 is 23.4 Å². The van der Waals surface area contributed by atoms with Crippen LogP contribution in [0.25, 0.3) is 0 Å². The normalized spacial score (nSPS) is 14.9. The van der Waals surface area contributed by atoms with Gasteiger partial charge in [-0.05, 0) is 19.8 Å². The summed E-state index contributed by atoms with van der Waals surface area (Å²) in [6, 6.07) is 0.148. The maximum Gasteiger partial charge on any atom is 0.130 e. The molecule has 0 bridgehead atoms. The predicted octanol–water partition coefficient (Wildman–Crippen LogP) is 2.78. The summed E-state index contributed by atoms with van der Waals surface area (Å²) in [4.78, 5) is 0. The molecule has 0 aromatic carbocycles. The number of nitrogens with two attached hydrogens (primary N) is 1. The van der Waals surface area contributed by atoms with Gasteiger partial charge in [0.05, 0.1) is 5.69 Å². The Bertz CT molecular complexity index is 365. The molecule has 0 fully saturated rings. The Hall–Kier alpha value is -0.190. The molecule has 0 aliphatic rings. The second kappa shape index (κ2) is 6.66. The second-order valence-electron chi connectivity index (χ2n) is 4.49. The molecule has 3 nitrogen and oxygen atoms in total. The predicted molar refractivity (Wildman–Crippen MR) is 76.8 cm³/mol. The minimum Gasteiger partial charge on any atom is -0.327 e. The first-order chi connectivity index (χ1) is 7.95. The molecule has 2 unspecified atom stereocenters. The Labute approximate surface area is 113 Å². The van der Waals surface area contributed by atoms with Gasteiger partial charge in [0.1, 0.15) is 5.15 Å². The van der Waals surface area contributed by atoms with Gasteiger partial charge in [0, 0.05) is 29.7 Å². The standard InChI is InChI=1S/C12H22ClN3S/c1-5-8(2)17-7-10(14)6-11-9(3)15-16(4)12(11)13/h8,10H,5-7,14H2,1-4H3. The lowest BCUT2D eigenvalue weighted by molar-refractivity contribution is 0.740. The molecule has 0 radical (unpaired) electrons. The van der Waals surface area contributed by atoms with Gasteiger partial charge in [-0.3, -0.25) is 4.68 Å². The number of aryl methyl sites for hydroxylation is 2. The minimum absolute atomic E-state index is 0.148. The second-order valence-corrected chi connectivity index (χ2v) is 6.32. The van der Waals surface area contributed by atoms with E-state index >= 15 is 0 Å². The zero-order valence-corrected chi connectivity index (χ0v) is 12.6. The van der Waals surface area contributed by atoms with Crippen LogP contribution in [0.1, 0.15) is 31.5 Å². The van der Waals surface area contributed by atoms with Gasteiger partial charge in [-0.1, -0.05) is 25.4 Å². The highest BCUT2D eigenvalue weighted by molar-refractivity contribution is 7.99. The summed E-state index contributed by atoms with van der Waals surface area (Å²) in [6.07, 6.45) is 1.99. The van der Waals surface area contributed by atoms with E-state index in [-0.39, 0.29) is 6.04 Å². The fourth-order valence-corrected chi connectivity index (χ4v) is 2.81. The van der Waals surface area contributed by atoms with E-state index in [1.165, 1.54) is 6.42 Å². The molecule has 1 rings (SSSR count). The van der Waals surface area contributed by atoms with E-state index in [1.807, 2.05) is 25.7 Å². The van der Waals surface area contributed by atoms with Gasteiger partial charge in [0.25, 0.3) is 0 Å². The Morgan fingerprint density at radius 3 is 2.65 bits per heavy atom. The number of rotatable bonds is 6. The lowest BCUT2D eigenvalue weighted by Gasteiger charge is -2.14. The molecule has 0 saturated heterocycles. The summed E-state index contributed by atoms with van der Waals surface area (Å²) in [6.45, 7) is 6.42. The fraction of sp³-hybridized carbons (Fsp3) is 0.750. The third-order valence-electron chi connectivity index (χ3n) is 2.91. The highest BCUT2D eigenvalue weighted by Gasteiger charge is 2.15. The van der Waals surface area contributed by atoms with Crippen LogP contribution in [0.3, 0.4) is 0 Å². The van der Waals surface area contributed by atoms with Gasteiger partial charge >= 0.3 is 0 Å². The van der Waals surface area contributed by atoms with E-state index < -0.39 is 0 Å². The number of nitrogens with zero attached hydrogens (tertiary/aromatic N) is 2. The number of hydrogen-bond acceptors (Lipinski definition) is 3. The van der Waals surface area contributed by atoms with E-state index in [1.54, 1.807) is 4.68 Å². The van der Waals surface area contributed by atoms with Crippen LogP contribution in [0, 0.1) is 6.92 Å². The van der Waals surface area contributed by atoms with E-state index in [0.29, 0.717) is 10.4 Å². The molecule has 0 saturated carbocycles. The van der Waals surface area contributed by atoms with Crippen LogP contribution in [-0.2, 0) is 13.5 Å². The molecule has 17 heavy (non-hydrogen) atoms. The molecule has 0 amide bonds. The van der Waals surface area contributed by atoms with E-state index in [4.69, 9.17) is 17.3 Å². The average Bonchev–Trinajstić information content (AvgIpc) is 2.53. The van der Waals surface area contributed by atoms with Crippen LogP contribution < -0.4 is 5.73 Å². The van der Waals surface area contributed by atoms with Crippen molar-refractivity contribution in [3.8, 4) is 0 Å². The van der Waals surface area contributed by atoms with Crippen molar-refractivity contribution in [3.05, 3.63) is 16.4 Å². The summed E-state index contributed by atoms with van der Waals surface area (Å²) in [5.74, 6) is 0.972. The number of aromatic nitrogens is 2. The highest BCUT2D eigenvalue weighted by Crippen LogP contribution is 2.22. The Morgan fingerprint density at radius 1 is 1.53 bits per heavy atom. The summed E-state index contributed by atoms with van der Waals surface area (Å²) in [5.41, 5.74) is 8.22. The molecule has 1 aromatic rings. The maximum absolute atomic E-state index is 6.19. The summed E-state index contributed by atoms with van der Waals surface area (Å²) in [5, 5.41) is 5.68. The van der Waals surface area contributed by atoms with E-state index in [0.717, 1.165) is 23.4 Å². The van der Waals surface area contributed by atoms with Gasteiger partial charge in [0.2, 0.25) is 0 Å². The quantitative estimate of drug-likeness (QED) is 0.868. The largest absolute Gasteiger partial charge is 0.327 e. The number of hydrogen-bond donors (Lipinski definition) is 1. The lowest BCUT2D eigenvalue weighted by atomic mass is 10.1. The van der Waals surface area contributed by atoms with Crippen LogP contribution in [0.5, 0.6) is 0 Å². The molecular weight excluding hydrogens is 254 g/mol. The zero-order valence-electron chi connectivity index (χ0n) is 11.0. The van der Waals surface area contributed by atoms with Crippen molar-refractivity contribution in [1.82, 2.24) is 9.78 Å². The molecule has 2 atom stereocenters. The third kappa shape index (κ3) is 4.19. The zero-order chi connectivity index (χ0) is 13.0. The third-order valence-corrected chi connectivity index (χ3v) is 4.90. The highest BCUT2D eigenvalue weighted by atomic mass is 35.5. The van der Waals surface area contributed by atoms with Crippen molar-refractivity contribution in [2.45, 2.75) is 44.9 Å².